The Labute approximate surface area is 109 Å². The van der Waals surface area contributed by atoms with Crippen molar-refractivity contribution >= 4 is 27.9 Å². The summed E-state index contributed by atoms with van der Waals surface area (Å²) in [6, 6.07) is 7.74. The average molecular weight is 296 g/mol. The largest absolute Gasteiger partial charge is 0.391 e. The van der Waals surface area contributed by atoms with Gasteiger partial charge in [0.1, 0.15) is 0 Å². The van der Waals surface area contributed by atoms with Crippen LogP contribution in [0.25, 0.3) is 6.08 Å². The molecular weight excluding hydrogens is 282 g/mol. The van der Waals surface area contributed by atoms with Crippen molar-refractivity contribution in [3.05, 3.63) is 40.4 Å². The molecule has 90 valence electrons. The number of nitrogens with zero attached hydrogens (tertiary/aromatic N) is 1. The molecule has 2 rings (SSSR count). The van der Waals surface area contributed by atoms with Gasteiger partial charge < -0.3 is 10.0 Å². The Morgan fingerprint density at radius 1 is 1.41 bits per heavy atom. The molecule has 0 aromatic heterocycles. The number of carbonyl (C=O) groups is 1. The number of benzene rings is 1. The van der Waals surface area contributed by atoms with Crippen molar-refractivity contribution in [3.63, 3.8) is 0 Å². The van der Waals surface area contributed by atoms with Gasteiger partial charge in [-0.3, -0.25) is 4.79 Å². The third kappa shape index (κ3) is 3.41. The summed E-state index contributed by atoms with van der Waals surface area (Å²) in [7, 11) is 0. The molecule has 1 saturated heterocycles. The zero-order chi connectivity index (χ0) is 12.3. The van der Waals surface area contributed by atoms with Crippen LogP contribution in [0.15, 0.2) is 34.8 Å². The molecule has 0 aliphatic carbocycles. The molecule has 1 aliphatic rings. The molecule has 0 radical (unpaired) electrons. The lowest BCUT2D eigenvalue weighted by atomic mass is 10.2. The van der Waals surface area contributed by atoms with Crippen LogP contribution in [0.2, 0.25) is 0 Å². The fourth-order valence-corrected chi connectivity index (χ4v) is 2.05. The smallest absolute Gasteiger partial charge is 0.246 e. The molecule has 1 fully saturated rings. The number of carbonyl (C=O) groups excluding carboxylic acids is 1. The van der Waals surface area contributed by atoms with E-state index >= 15 is 0 Å². The highest BCUT2D eigenvalue weighted by Crippen LogP contribution is 2.13. The third-order valence-corrected chi connectivity index (χ3v) is 3.29. The van der Waals surface area contributed by atoms with Gasteiger partial charge in [-0.05, 0) is 30.2 Å². The molecule has 0 bridgehead atoms. The second kappa shape index (κ2) is 5.47. The van der Waals surface area contributed by atoms with E-state index in [0.29, 0.717) is 19.5 Å². The van der Waals surface area contributed by atoms with E-state index in [4.69, 9.17) is 0 Å². The molecule has 0 spiro atoms. The first kappa shape index (κ1) is 12.3. The number of likely N-dealkylation sites (tertiary alicyclic amines) is 1. The number of aliphatic hydroxyl groups excluding tert-OH is 1. The molecule has 1 amide bonds. The van der Waals surface area contributed by atoms with E-state index in [1.807, 2.05) is 24.3 Å². The predicted octanol–water partition coefficient (Wildman–Crippen LogP) is 2.06. The first-order valence-electron chi connectivity index (χ1n) is 5.56. The first-order chi connectivity index (χ1) is 8.15. The number of β-amino-alcohol motifs (C(OH)–C–C–N with tert-alkyl or cyclic N) is 1. The van der Waals surface area contributed by atoms with E-state index in [1.54, 1.807) is 17.1 Å². The van der Waals surface area contributed by atoms with E-state index < -0.39 is 0 Å². The summed E-state index contributed by atoms with van der Waals surface area (Å²) in [5, 5.41) is 9.34. The molecule has 17 heavy (non-hydrogen) atoms. The molecule has 1 aliphatic heterocycles. The van der Waals surface area contributed by atoms with Crippen LogP contribution < -0.4 is 0 Å². The maximum Gasteiger partial charge on any atom is 0.246 e. The number of halogens is 1. The van der Waals surface area contributed by atoms with Crippen LogP contribution in [-0.4, -0.2) is 35.1 Å². The minimum absolute atomic E-state index is 0.0375. The van der Waals surface area contributed by atoms with Crippen molar-refractivity contribution in [2.75, 3.05) is 13.1 Å². The summed E-state index contributed by atoms with van der Waals surface area (Å²) in [5.74, 6) is -0.0375. The molecule has 1 aromatic carbocycles. The average Bonchev–Trinajstić information content (AvgIpc) is 2.75. The fourth-order valence-electron chi connectivity index (χ4n) is 1.79. The van der Waals surface area contributed by atoms with Crippen LogP contribution >= 0.6 is 15.9 Å². The van der Waals surface area contributed by atoms with Crippen LogP contribution in [-0.2, 0) is 4.79 Å². The van der Waals surface area contributed by atoms with Gasteiger partial charge in [0.05, 0.1) is 6.10 Å². The van der Waals surface area contributed by atoms with Crippen LogP contribution in [0.4, 0.5) is 0 Å². The highest BCUT2D eigenvalue weighted by Gasteiger charge is 2.22. The Hall–Kier alpha value is -1.13. The van der Waals surface area contributed by atoms with Crippen LogP contribution in [0.1, 0.15) is 12.0 Å². The van der Waals surface area contributed by atoms with Crippen molar-refractivity contribution in [1.29, 1.82) is 0 Å². The minimum atomic E-state index is -0.361. The molecule has 0 saturated carbocycles. The number of rotatable bonds is 2. The molecule has 3 nitrogen and oxygen atoms in total. The number of hydrogen-bond acceptors (Lipinski definition) is 2. The Morgan fingerprint density at radius 3 is 2.71 bits per heavy atom. The quantitative estimate of drug-likeness (QED) is 0.849. The van der Waals surface area contributed by atoms with Crippen molar-refractivity contribution in [1.82, 2.24) is 4.90 Å². The molecule has 4 heteroatoms. The van der Waals surface area contributed by atoms with Crippen molar-refractivity contribution < 1.29 is 9.90 Å². The second-order valence-corrected chi connectivity index (χ2v) is 5.03. The lowest BCUT2D eigenvalue weighted by Crippen LogP contribution is -2.27. The normalized spacial score (nSPS) is 20.1. The highest BCUT2D eigenvalue weighted by molar-refractivity contribution is 9.10. The zero-order valence-corrected chi connectivity index (χ0v) is 10.9. The molecule has 1 heterocycles. The lowest BCUT2D eigenvalue weighted by molar-refractivity contribution is -0.125. The SMILES string of the molecule is O=C(C=Cc1ccc(Br)cc1)N1CC[C@@H](O)C1. The van der Waals surface area contributed by atoms with Gasteiger partial charge in [0.2, 0.25) is 5.91 Å². The van der Waals surface area contributed by atoms with E-state index in [-0.39, 0.29) is 12.0 Å². The van der Waals surface area contributed by atoms with Gasteiger partial charge >= 0.3 is 0 Å². The highest BCUT2D eigenvalue weighted by atomic mass is 79.9. The van der Waals surface area contributed by atoms with E-state index in [2.05, 4.69) is 15.9 Å². The predicted molar refractivity (Wildman–Crippen MR) is 70.4 cm³/mol. The molecule has 0 unspecified atom stereocenters. The summed E-state index contributed by atoms with van der Waals surface area (Å²) < 4.78 is 1.02. The number of aliphatic hydroxyl groups is 1. The Morgan fingerprint density at radius 2 is 2.12 bits per heavy atom. The molecule has 1 atom stereocenters. The van der Waals surface area contributed by atoms with Crippen LogP contribution in [0.5, 0.6) is 0 Å². The van der Waals surface area contributed by atoms with Gasteiger partial charge in [0.25, 0.3) is 0 Å². The summed E-state index contributed by atoms with van der Waals surface area (Å²) in [6.45, 7) is 1.09. The third-order valence-electron chi connectivity index (χ3n) is 2.76. The Kier molecular flexibility index (Phi) is 3.97. The molecule has 1 N–H and O–H groups in total. The van der Waals surface area contributed by atoms with Gasteiger partial charge in [0.15, 0.2) is 0 Å². The first-order valence-corrected chi connectivity index (χ1v) is 6.35. The summed E-state index contributed by atoms with van der Waals surface area (Å²) >= 11 is 3.36. The summed E-state index contributed by atoms with van der Waals surface area (Å²) in [5.41, 5.74) is 0.987. The lowest BCUT2D eigenvalue weighted by Gasteiger charge is -2.12. The molecular formula is C13H14BrNO2. The van der Waals surface area contributed by atoms with Crippen LogP contribution in [0, 0.1) is 0 Å². The van der Waals surface area contributed by atoms with Gasteiger partial charge in [-0.15, -0.1) is 0 Å². The van der Waals surface area contributed by atoms with Crippen molar-refractivity contribution in [2.45, 2.75) is 12.5 Å². The second-order valence-electron chi connectivity index (χ2n) is 4.11. The number of hydrogen-bond donors (Lipinski definition) is 1. The Balaban J connectivity index is 1.96. The van der Waals surface area contributed by atoms with Gasteiger partial charge in [-0.1, -0.05) is 28.1 Å². The standard InChI is InChI=1S/C13H14BrNO2/c14-11-4-1-10(2-5-11)3-6-13(17)15-8-7-12(16)9-15/h1-6,12,16H,7-9H2/t12-/m1/s1. The minimum Gasteiger partial charge on any atom is -0.391 e. The Bertz CT molecular complexity index is 428. The zero-order valence-electron chi connectivity index (χ0n) is 9.34. The topological polar surface area (TPSA) is 40.5 Å². The van der Waals surface area contributed by atoms with E-state index in [9.17, 15) is 9.90 Å². The van der Waals surface area contributed by atoms with Gasteiger partial charge in [-0.2, -0.15) is 0 Å². The van der Waals surface area contributed by atoms with Gasteiger partial charge in [0, 0.05) is 23.6 Å². The van der Waals surface area contributed by atoms with E-state index in [0.717, 1.165) is 10.0 Å². The van der Waals surface area contributed by atoms with Crippen molar-refractivity contribution in [3.8, 4) is 0 Å². The van der Waals surface area contributed by atoms with Gasteiger partial charge in [-0.25, -0.2) is 0 Å². The maximum atomic E-state index is 11.7. The molecule has 1 aromatic rings. The van der Waals surface area contributed by atoms with Crippen LogP contribution in [0.3, 0.4) is 0 Å². The fraction of sp³-hybridized carbons (Fsp3) is 0.308. The maximum absolute atomic E-state index is 11.7. The monoisotopic (exact) mass is 295 g/mol. The van der Waals surface area contributed by atoms with E-state index in [1.165, 1.54) is 0 Å². The summed E-state index contributed by atoms with van der Waals surface area (Å²) in [4.78, 5) is 13.4. The van der Waals surface area contributed by atoms with Crippen molar-refractivity contribution in [2.24, 2.45) is 0 Å². The summed E-state index contributed by atoms with van der Waals surface area (Å²) in [6.07, 6.45) is 3.67. The number of amides is 1.